The van der Waals surface area contributed by atoms with Crippen molar-refractivity contribution in [1.82, 2.24) is 19.6 Å². The lowest BCUT2D eigenvalue weighted by Gasteiger charge is -2.38. The van der Waals surface area contributed by atoms with Crippen molar-refractivity contribution >= 4 is 5.91 Å². The first-order valence-electron chi connectivity index (χ1n) is 11.1. The molecular formula is C25H27F3N4O. The third-order valence-corrected chi connectivity index (χ3v) is 6.22. The molecular weight excluding hydrogens is 429 g/mol. The highest BCUT2D eigenvalue weighted by Gasteiger charge is 2.31. The van der Waals surface area contributed by atoms with Crippen LogP contribution in [0.15, 0.2) is 60.7 Å². The second-order valence-electron chi connectivity index (χ2n) is 8.22. The van der Waals surface area contributed by atoms with Gasteiger partial charge in [-0.15, -0.1) is 0 Å². The Bertz CT molecular complexity index is 1100. The maximum atomic E-state index is 13.2. The largest absolute Gasteiger partial charge is 0.416 e. The average molecular weight is 457 g/mol. The van der Waals surface area contributed by atoms with Crippen molar-refractivity contribution in [2.24, 2.45) is 0 Å². The predicted molar refractivity (Wildman–Crippen MR) is 121 cm³/mol. The molecule has 0 spiro atoms. The summed E-state index contributed by atoms with van der Waals surface area (Å²) in [6.45, 7) is 7.11. The van der Waals surface area contributed by atoms with Gasteiger partial charge in [-0.2, -0.15) is 18.3 Å². The average Bonchev–Trinajstić information content (AvgIpc) is 3.28. The van der Waals surface area contributed by atoms with Crippen LogP contribution < -0.4 is 0 Å². The van der Waals surface area contributed by atoms with E-state index < -0.39 is 11.7 Å². The minimum absolute atomic E-state index is 0.192. The SMILES string of the molecule is CCn1nc(C(=O)N2CCN(C(C)c3ccccc3)CC2)cc1-c1cccc(C(F)(F)F)c1. The third kappa shape index (κ3) is 4.95. The van der Waals surface area contributed by atoms with Gasteiger partial charge < -0.3 is 4.90 Å². The number of alkyl halides is 3. The van der Waals surface area contributed by atoms with E-state index in [0.717, 1.165) is 25.2 Å². The molecule has 1 aliphatic rings. The van der Waals surface area contributed by atoms with Gasteiger partial charge in [0.05, 0.1) is 11.3 Å². The lowest BCUT2D eigenvalue weighted by molar-refractivity contribution is -0.137. The van der Waals surface area contributed by atoms with Gasteiger partial charge in [-0.05, 0) is 37.6 Å². The van der Waals surface area contributed by atoms with Gasteiger partial charge >= 0.3 is 6.18 Å². The summed E-state index contributed by atoms with van der Waals surface area (Å²) in [5, 5.41) is 4.40. The molecule has 1 amide bonds. The van der Waals surface area contributed by atoms with Gasteiger partial charge in [-0.1, -0.05) is 42.5 Å². The fourth-order valence-corrected chi connectivity index (χ4v) is 4.27. The topological polar surface area (TPSA) is 41.4 Å². The number of hydrogen-bond acceptors (Lipinski definition) is 3. The molecule has 33 heavy (non-hydrogen) atoms. The summed E-state index contributed by atoms with van der Waals surface area (Å²) >= 11 is 0. The van der Waals surface area contributed by atoms with Crippen LogP contribution in [0, 0.1) is 0 Å². The first kappa shape index (κ1) is 23.0. The molecule has 4 rings (SSSR count). The fraction of sp³-hybridized carbons (Fsp3) is 0.360. The molecule has 1 atom stereocenters. The van der Waals surface area contributed by atoms with Crippen molar-refractivity contribution in [3.63, 3.8) is 0 Å². The maximum Gasteiger partial charge on any atom is 0.416 e. The molecule has 1 aromatic heterocycles. The van der Waals surface area contributed by atoms with Crippen molar-refractivity contribution in [3.8, 4) is 11.3 Å². The molecule has 0 N–H and O–H groups in total. The van der Waals surface area contributed by atoms with Gasteiger partial charge in [0.15, 0.2) is 5.69 Å². The summed E-state index contributed by atoms with van der Waals surface area (Å²) < 4.78 is 41.0. The Balaban J connectivity index is 1.48. The number of hydrogen-bond donors (Lipinski definition) is 0. The molecule has 0 radical (unpaired) electrons. The smallest absolute Gasteiger partial charge is 0.335 e. The van der Waals surface area contributed by atoms with Crippen LogP contribution in [0.5, 0.6) is 0 Å². The van der Waals surface area contributed by atoms with Crippen molar-refractivity contribution < 1.29 is 18.0 Å². The van der Waals surface area contributed by atoms with Crippen LogP contribution in [0.1, 0.15) is 41.5 Å². The van der Waals surface area contributed by atoms with Crippen LogP contribution in [0.3, 0.4) is 0 Å². The van der Waals surface area contributed by atoms with Crippen LogP contribution in [0.4, 0.5) is 13.2 Å². The van der Waals surface area contributed by atoms with E-state index in [-0.39, 0.29) is 17.6 Å². The van der Waals surface area contributed by atoms with Crippen LogP contribution >= 0.6 is 0 Å². The second-order valence-corrected chi connectivity index (χ2v) is 8.22. The molecule has 0 aliphatic carbocycles. The zero-order valence-electron chi connectivity index (χ0n) is 18.7. The second kappa shape index (κ2) is 9.39. The van der Waals surface area contributed by atoms with E-state index in [2.05, 4.69) is 29.1 Å². The molecule has 1 unspecified atom stereocenters. The highest BCUT2D eigenvalue weighted by atomic mass is 19.4. The van der Waals surface area contributed by atoms with E-state index in [0.29, 0.717) is 30.9 Å². The Labute approximate surface area is 191 Å². The fourth-order valence-electron chi connectivity index (χ4n) is 4.27. The number of carbonyl (C=O) groups is 1. The van der Waals surface area contributed by atoms with E-state index >= 15 is 0 Å². The van der Waals surface area contributed by atoms with Gasteiger partial charge in [-0.25, -0.2) is 0 Å². The Morgan fingerprint density at radius 2 is 1.70 bits per heavy atom. The molecule has 2 aromatic carbocycles. The maximum absolute atomic E-state index is 13.2. The summed E-state index contributed by atoms with van der Waals surface area (Å²) in [6.07, 6.45) is -4.43. The van der Waals surface area contributed by atoms with Crippen molar-refractivity contribution in [1.29, 1.82) is 0 Å². The quantitative estimate of drug-likeness (QED) is 0.536. The van der Waals surface area contributed by atoms with Gasteiger partial charge in [0.25, 0.3) is 5.91 Å². The lowest BCUT2D eigenvalue weighted by atomic mass is 10.1. The Morgan fingerprint density at radius 1 is 1.00 bits per heavy atom. The zero-order valence-corrected chi connectivity index (χ0v) is 18.7. The molecule has 0 bridgehead atoms. The Kier molecular flexibility index (Phi) is 6.56. The molecule has 0 saturated carbocycles. The summed E-state index contributed by atoms with van der Waals surface area (Å²) in [6, 6.07) is 17.2. The van der Waals surface area contributed by atoms with E-state index in [9.17, 15) is 18.0 Å². The van der Waals surface area contributed by atoms with Gasteiger partial charge in [0.2, 0.25) is 0 Å². The van der Waals surface area contributed by atoms with Crippen molar-refractivity contribution in [2.45, 2.75) is 32.6 Å². The normalized spacial score (nSPS) is 16.1. The Hall–Kier alpha value is -3.13. The molecule has 3 aromatic rings. The van der Waals surface area contributed by atoms with E-state index in [4.69, 9.17) is 0 Å². The zero-order chi connectivity index (χ0) is 23.6. The number of rotatable bonds is 5. The number of aromatic nitrogens is 2. The van der Waals surface area contributed by atoms with E-state index in [1.165, 1.54) is 11.6 Å². The van der Waals surface area contributed by atoms with Gasteiger partial charge in [-0.3, -0.25) is 14.4 Å². The molecule has 2 heterocycles. The summed E-state index contributed by atoms with van der Waals surface area (Å²) in [7, 11) is 0. The predicted octanol–water partition coefficient (Wildman–Crippen LogP) is 5.11. The molecule has 8 heteroatoms. The number of carbonyl (C=O) groups excluding carboxylic acids is 1. The lowest BCUT2D eigenvalue weighted by Crippen LogP contribution is -2.49. The van der Waals surface area contributed by atoms with Crippen LogP contribution in [0.2, 0.25) is 0 Å². The number of amides is 1. The van der Waals surface area contributed by atoms with E-state index in [1.54, 1.807) is 21.7 Å². The highest BCUT2D eigenvalue weighted by molar-refractivity contribution is 5.93. The summed E-state index contributed by atoms with van der Waals surface area (Å²) in [4.78, 5) is 17.3. The first-order valence-corrected chi connectivity index (χ1v) is 11.1. The monoisotopic (exact) mass is 456 g/mol. The van der Waals surface area contributed by atoms with Gasteiger partial charge in [0, 0.05) is 44.3 Å². The van der Waals surface area contributed by atoms with Gasteiger partial charge in [0.1, 0.15) is 0 Å². The highest BCUT2D eigenvalue weighted by Crippen LogP contribution is 2.32. The number of piperazine rings is 1. The molecule has 1 aliphatic heterocycles. The molecule has 1 saturated heterocycles. The number of benzene rings is 2. The molecule has 5 nitrogen and oxygen atoms in total. The van der Waals surface area contributed by atoms with Crippen LogP contribution in [0.25, 0.3) is 11.3 Å². The Morgan fingerprint density at radius 3 is 2.33 bits per heavy atom. The number of halogens is 3. The summed E-state index contributed by atoms with van der Waals surface area (Å²) in [5.41, 5.74) is 1.67. The molecule has 1 fully saturated rings. The number of aryl methyl sites for hydroxylation is 1. The first-order chi connectivity index (χ1) is 15.8. The van der Waals surface area contributed by atoms with Crippen LogP contribution in [-0.4, -0.2) is 51.7 Å². The van der Waals surface area contributed by atoms with Crippen molar-refractivity contribution in [2.75, 3.05) is 26.2 Å². The minimum Gasteiger partial charge on any atom is -0.335 e. The third-order valence-electron chi connectivity index (χ3n) is 6.22. The minimum atomic E-state index is -4.43. The van der Waals surface area contributed by atoms with E-state index in [1.807, 2.05) is 25.1 Å². The molecule has 174 valence electrons. The van der Waals surface area contributed by atoms with Crippen LogP contribution in [-0.2, 0) is 12.7 Å². The summed E-state index contributed by atoms with van der Waals surface area (Å²) in [5.74, 6) is -0.192. The standard InChI is InChI=1S/C25H27F3N4O/c1-3-32-23(20-10-7-11-21(16-20)25(26,27)28)17-22(29-32)24(33)31-14-12-30(13-15-31)18(2)19-8-5-4-6-9-19/h4-11,16-18H,3,12-15H2,1-2H3. The van der Waals surface area contributed by atoms with Crippen molar-refractivity contribution in [3.05, 3.63) is 77.5 Å². The number of nitrogens with zero attached hydrogens (tertiary/aromatic N) is 4.